The summed E-state index contributed by atoms with van der Waals surface area (Å²) in [7, 11) is 0. The highest BCUT2D eigenvalue weighted by Crippen LogP contribution is 2.18. The Kier molecular flexibility index (Phi) is 4.08. The second-order valence-corrected chi connectivity index (χ2v) is 5.13. The van der Waals surface area contributed by atoms with Gasteiger partial charge in [-0.1, -0.05) is 17.7 Å². The Balaban J connectivity index is 1.55. The molecule has 0 amide bonds. The van der Waals surface area contributed by atoms with E-state index in [2.05, 4.69) is 22.4 Å². The molecule has 1 fully saturated rings. The van der Waals surface area contributed by atoms with Crippen molar-refractivity contribution >= 4 is 0 Å². The molecule has 5 nitrogen and oxygen atoms in total. The molecule has 1 N–H and O–H groups in total. The number of nitrogens with one attached hydrogen (secondary N) is 1. The summed E-state index contributed by atoms with van der Waals surface area (Å²) in [5.74, 6) is 1.18. The number of rotatable bonds is 5. The number of hydrogen-bond acceptors (Lipinski definition) is 5. The Morgan fingerprint density at radius 1 is 1.25 bits per heavy atom. The number of benzene rings is 1. The van der Waals surface area contributed by atoms with Crippen LogP contribution in [0.4, 0.5) is 0 Å². The third-order valence-electron chi connectivity index (χ3n) is 3.44. The standard InChI is InChI=1S/C15H19N3O2/c1-11-4-6-12(7-5-11)15-18-17-14(20-15)10-16-9-13-3-2-8-19-13/h4-7,13,16H,2-3,8-10H2,1H3. The molecule has 20 heavy (non-hydrogen) atoms. The average Bonchev–Trinajstić information content (AvgIpc) is 3.11. The summed E-state index contributed by atoms with van der Waals surface area (Å²) in [4.78, 5) is 0. The molecule has 1 atom stereocenters. The van der Waals surface area contributed by atoms with Gasteiger partial charge < -0.3 is 14.5 Å². The van der Waals surface area contributed by atoms with Crippen LogP contribution in [0, 0.1) is 6.92 Å². The molecule has 1 aromatic carbocycles. The Morgan fingerprint density at radius 2 is 2.10 bits per heavy atom. The highest BCUT2D eigenvalue weighted by atomic mass is 16.5. The Bertz CT molecular complexity index is 545. The van der Waals surface area contributed by atoms with Crippen molar-refractivity contribution in [3.05, 3.63) is 35.7 Å². The van der Waals surface area contributed by atoms with Crippen molar-refractivity contribution < 1.29 is 9.15 Å². The van der Waals surface area contributed by atoms with Crippen molar-refractivity contribution in [1.29, 1.82) is 0 Å². The van der Waals surface area contributed by atoms with Crippen molar-refractivity contribution in [1.82, 2.24) is 15.5 Å². The minimum absolute atomic E-state index is 0.328. The zero-order chi connectivity index (χ0) is 13.8. The van der Waals surface area contributed by atoms with Crippen LogP contribution in [0.3, 0.4) is 0 Å². The maximum Gasteiger partial charge on any atom is 0.247 e. The van der Waals surface area contributed by atoms with E-state index in [1.54, 1.807) is 0 Å². The Morgan fingerprint density at radius 3 is 2.85 bits per heavy atom. The molecular formula is C15H19N3O2. The second-order valence-electron chi connectivity index (χ2n) is 5.13. The van der Waals surface area contributed by atoms with E-state index in [1.807, 2.05) is 24.3 Å². The van der Waals surface area contributed by atoms with Crippen LogP contribution in [0.1, 0.15) is 24.3 Å². The van der Waals surface area contributed by atoms with Crippen LogP contribution < -0.4 is 5.32 Å². The van der Waals surface area contributed by atoms with E-state index in [4.69, 9.17) is 9.15 Å². The molecule has 2 aromatic rings. The van der Waals surface area contributed by atoms with Gasteiger partial charge in [-0.05, 0) is 31.9 Å². The molecule has 106 valence electrons. The van der Waals surface area contributed by atoms with Gasteiger partial charge in [-0.2, -0.15) is 0 Å². The third kappa shape index (κ3) is 3.23. The zero-order valence-electron chi connectivity index (χ0n) is 11.6. The zero-order valence-corrected chi connectivity index (χ0v) is 11.6. The summed E-state index contributed by atoms with van der Waals surface area (Å²) in [5, 5.41) is 11.4. The van der Waals surface area contributed by atoms with Gasteiger partial charge >= 0.3 is 0 Å². The molecule has 1 saturated heterocycles. The molecular weight excluding hydrogens is 254 g/mol. The lowest BCUT2D eigenvalue weighted by Gasteiger charge is -2.08. The lowest BCUT2D eigenvalue weighted by Crippen LogP contribution is -2.25. The van der Waals surface area contributed by atoms with Crippen molar-refractivity contribution in [3.63, 3.8) is 0 Å². The maximum absolute atomic E-state index is 5.65. The molecule has 0 bridgehead atoms. The molecule has 0 saturated carbocycles. The third-order valence-corrected chi connectivity index (χ3v) is 3.44. The largest absolute Gasteiger partial charge is 0.419 e. The molecule has 1 aromatic heterocycles. The SMILES string of the molecule is Cc1ccc(-c2nnc(CNCC3CCCO3)o2)cc1. The maximum atomic E-state index is 5.65. The van der Waals surface area contributed by atoms with Gasteiger partial charge in [0.15, 0.2) is 0 Å². The summed E-state index contributed by atoms with van der Waals surface area (Å²) in [6.45, 7) is 4.35. The van der Waals surface area contributed by atoms with E-state index < -0.39 is 0 Å². The fourth-order valence-corrected chi connectivity index (χ4v) is 2.28. The van der Waals surface area contributed by atoms with Crippen molar-refractivity contribution in [2.24, 2.45) is 0 Å². The average molecular weight is 273 g/mol. The van der Waals surface area contributed by atoms with Crippen LogP contribution in [0.15, 0.2) is 28.7 Å². The van der Waals surface area contributed by atoms with E-state index in [0.29, 0.717) is 24.4 Å². The van der Waals surface area contributed by atoms with Gasteiger partial charge in [-0.25, -0.2) is 0 Å². The minimum Gasteiger partial charge on any atom is -0.419 e. The molecule has 0 radical (unpaired) electrons. The molecule has 2 heterocycles. The van der Waals surface area contributed by atoms with Crippen LogP contribution in [0.5, 0.6) is 0 Å². The first-order valence-corrected chi connectivity index (χ1v) is 7.03. The van der Waals surface area contributed by atoms with Crippen LogP contribution in [-0.4, -0.2) is 29.5 Å². The molecule has 1 aliphatic rings. The number of aromatic nitrogens is 2. The van der Waals surface area contributed by atoms with E-state index >= 15 is 0 Å². The van der Waals surface area contributed by atoms with Gasteiger partial charge in [0.25, 0.3) is 0 Å². The van der Waals surface area contributed by atoms with Gasteiger partial charge in [0.2, 0.25) is 11.8 Å². The van der Waals surface area contributed by atoms with Crippen LogP contribution in [0.25, 0.3) is 11.5 Å². The molecule has 0 aliphatic carbocycles. The van der Waals surface area contributed by atoms with E-state index in [0.717, 1.165) is 31.6 Å². The highest BCUT2D eigenvalue weighted by molar-refractivity contribution is 5.52. The predicted molar refractivity (Wildman–Crippen MR) is 75.2 cm³/mol. The number of aryl methyl sites for hydroxylation is 1. The smallest absolute Gasteiger partial charge is 0.247 e. The molecule has 5 heteroatoms. The quantitative estimate of drug-likeness (QED) is 0.906. The monoisotopic (exact) mass is 273 g/mol. The predicted octanol–water partition coefficient (Wildman–Crippen LogP) is 2.31. The van der Waals surface area contributed by atoms with Gasteiger partial charge in [0, 0.05) is 18.7 Å². The fraction of sp³-hybridized carbons (Fsp3) is 0.467. The van der Waals surface area contributed by atoms with Crippen LogP contribution in [0.2, 0.25) is 0 Å². The van der Waals surface area contributed by atoms with E-state index in [1.165, 1.54) is 5.56 Å². The topological polar surface area (TPSA) is 60.2 Å². The van der Waals surface area contributed by atoms with E-state index in [-0.39, 0.29) is 0 Å². The fourth-order valence-electron chi connectivity index (χ4n) is 2.28. The summed E-state index contributed by atoms with van der Waals surface area (Å²) >= 11 is 0. The molecule has 3 rings (SSSR count). The van der Waals surface area contributed by atoms with Gasteiger partial charge in [-0.15, -0.1) is 10.2 Å². The summed E-state index contributed by atoms with van der Waals surface area (Å²) in [6, 6.07) is 8.06. The molecule has 1 unspecified atom stereocenters. The number of hydrogen-bond donors (Lipinski definition) is 1. The Labute approximate surface area is 118 Å². The van der Waals surface area contributed by atoms with Crippen molar-refractivity contribution in [2.45, 2.75) is 32.4 Å². The van der Waals surface area contributed by atoms with Gasteiger partial charge in [0.1, 0.15) is 0 Å². The normalized spacial score (nSPS) is 18.6. The first-order valence-electron chi connectivity index (χ1n) is 7.03. The molecule has 0 spiro atoms. The lowest BCUT2D eigenvalue weighted by atomic mass is 10.1. The number of nitrogens with zero attached hydrogens (tertiary/aromatic N) is 2. The van der Waals surface area contributed by atoms with Crippen molar-refractivity contribution in [2.75, 3.05) is 13.2 Å². The first-order chi connectivity index (χ1) is 9.81. The van der Waals surface area contributed by atoms with Crippen LogP contribution >= 0.6 is 0 Å². The minimum atomic E-state index is 0.328. The van der Waals surface area contributed by atoms with Gasteiger partial charge in [0.05, 0.1) is 12.6 Å². The highest BCUT2D eigenvalue weighted by Gasteiger charge is 2.15. The second kappa shape index (κ2) is 6.15. The summed E-state index contributed by atoms with van der Waals surface area (Å²) in [5.41, 5.74) is 2.17. The molecule has 1 aliphatic heterocycles. The summed E-state index contributed by atoms with van der Waals surface area (Å²) < 4.78 is 11.2. The van der Waals surface area contributed by atoms with E-state index in [9.17, 15) is 0 Å². The van der Waals surface area contributed by atoms with Crippen molar-refractivity contribution in [3.8, 4) is 11.5 Å². The number of ether oxygens (including phenoxy) is 1. The first kappa shape index (κ1) is 13.3. The summed E-state index contributed by atoms with van der Waals surface area (Å²) in [6.07, 6.45) is 2.62. The Hall–Kier alpha value is -1.72. The lowest BCUT2D eigenvalue weighted by molar-refractivity contribution is 0.109. The van der Waals surface area contributed by atoms with Gasteiger partial charge in [-0.3, -0.25) is 0 Å². The van der Waals surface area contributed by atoms with Crippen LogP contribution in [-0.2, 0) is 11.3 Å².